The molecule has 1 saturated heterocycles. The summed E-state index contributed by atoms with van der Waals surface area (Å²) in [6.07, 6.45) is 0. The second-order valence-electron chi connectivity index (χ2n) is 7.70. The Labute approximate surface area is 205 Å². The third-order valence-corrected chi connectivity index (χ3v) is 6.62. The van der Waals surface area contributed by atoms with E-state index >= 15 is 0 Å². The van der Waals surface area contributed by atoms with Gasteiger partial charge in [-0.2, -0.15) is 9.36 Å². The number of thioether (sulfide) groups is 1. The molecule has 0 bridgehead atoms. The molecule has 2 atom stereocenters. The zero-order valence-corrected chi connectivity index (χ0v) is 20.1. The van der Waals surface area contributed by atoms with Gasteiger partial charge in [0.05, 0.1) is 0 Å². The number of carbonyl (C=O) groups is 5. The number of carboxylic acids is 2. The molecular formula is C18H20N6O9S2. The number of aliphatic carboxylic acids is 2. The number of nitrogens with one attached hydrogen (secondary N) is 1. The van der Waals surface area contributed by atoms with Gasteiger partial charge in [-0.3, -0.25) is 19.3 Å². The van der Waals surface area contributed by atoms with Crippen LogP contribution in [-0.4, -0.2) is 89.3 Å². The molecule has 17 heteroatoms. The van der Waals surface area contributed by atoms with Gasteiger partial charge in [-0.25, -0.2) is 9.59 Å². The van der Waals surface area contributed by atoms with Gasteiger partial charge in [0.15, 0.2) is 5.13 Å². The van der Waals surface area contributed by atoms with Crippen LogP contribution in [0.4, 0.5) is 5.13 Å². The lowest BCUT2D eigenvalue weighted by Gasteiger charge is -2.49. The van der Waals surface area contributed by atoms with E-state index in [4.69, 9.17) is 15.3 Å². The Balaban J connectivity index is 1.82. The van der Waals surface area contributed by atoms with Crippen molar-refractivity contribution in [2.45, 2.75) is 37.8 Å². The molecular weight excluding hydrogens is 508 g/mol. The molecule has 3 heterocycles. The van der Waals surface area contributed by atoms with Gasteiger partial charge in [0, 0.05) is 29.8 Å². The molecule has 1 aromatic heterocycles. The van der Waals surface area contributed by atoms with Gasteiger partial charge in [0.25, 0.3) is 11.8 Å². The van der Waals surface area contributed by atoms with Crippen molar-refractivity contribution in [3.63, 3.8) is 0 Å². The van der Waals surface area contributed by atoms with Crippen LogP contribution in [0.3, 0.4) is 0 Å². The molecule has 188 valence electrons. The number of hydrogen-bond donors (Lipinski definition) is 4. The highest BCUT2D eigenvalue weighted by Gasteiger charge is 2.54. The fourth-order valence-corrected chi connectivity index (χ4v) is 4.67. The topological polar surface area (TPSA) is 224 Å². The summed E-state index contributed by atoms with van der Waals surface area (Å²) in [5, 5.41) is 24.1. The summed E-state index contributed by atoms with van der Waals surface area (Å²) < 4.78 is 8.75. The number of anilines is 1. The van der Waals surface area contributed by atoms with E-state index in [-0.39, 0.29) is 34.6 Å². The van der Waals surface area contributed by atoms with Crippen LogP contribution in [0.15, 0.2) is 16.4 Å². The maximum absolute atomic E-state index is 13.0. The Kier molecular flexibility index (Phi) is 7.30. The van der Waals surface area contributed by atoms with Gasteiger partial charge in [-0.1, -0.05) is 5.16 Å². The van der Waals surface area contributed by atoms with E-state index in [1.54, 1.807) is 0 Å². The minimum Gasteiger partial charge on any atom is -0.478 e. The molecule has 0 aromatic carbocycles. The van der Waals surface area contributed by atoms with Crippen LogP contribution in [0.5, 0.6) is 0 Å². The highest BCUT2D eigenvalue weighted by atomic mass is 32.2. The first-order chi connectivity index (χ1) is 16.3. The molecule has 2 aliphatic heterocycles. The number of esters is 1. The molecule has 2 amide bonds. The van der Waals surface area contributed by atoms with Crippen molar-refractivity contribution >= 4 is 63.9 Å². The number of amides is 2. The van der Waals surface area contributed by atoms with E-state index in [9.17, 15) is 34.2 Å². The summed E-state index contributed by atoms with van der Waals surface area (Å²) in [6.45, 7) is 3.29. The number of nitrogen functional groups attached to an aromatic ring is 1. The minimum absolute atomic E-state index is 0.00303. The first-order valence-electron chi connectivity index (χ1n) is 9.76. The standard InChI is InChI=1S/C18H20N6O9S2/c1-6(25)32-4-7-5-34-14-9(13(27)24(14)10(7)15(28)29)20-12(26)8(11-21-17(19)35-23-11)22-33-18(2,3)16(30)31/h9,14H,4-5H2,1-3H3,(H,20,26)(H,28,29)(H,30,31)(H2,19,21,23)/b22-8-/t9-,14+/m1/s1. The highest BCUT2D eigenvalue weighted by Crippen LogP contribution is 2.40. The number of fused-ring (bicyclic) bond motifs is 1. The Morgan fingerprint density at radius 3 is 2.54 bits per heavy atom. The average molecular weight is 529 g/mol. The smallest absolute Gasteiger partial charge is 0.352 e. The predicted molar refractivity (Wildman–Crippen MR) is 120 cm³/mol. The normalized spacial score (nSPS) is 20.0. The van der Waals surface area contributed by atoms with Crippen molar-refractivity contribution in [1.29, 1.82) is 0 Å². The van der Waals surface area contributed by atoms with E-state index in [2.05, 4.69) is 19.8 Å². The summed E-state index contributed by atoms with van der Waals surface area (Å²) >= 11 is 1.92. The van der Waals surface area contributed by atoms with Crippen LogP contribution < -0.4 is 11.1 Å². The van der Waals surface area contributed by atoms with Gasteiger partial charge in [0.1, 0.15) is 23.7 Å². The van der Waals surface area contributed by atoms with Crippen LogP contribution >= 0.6 is 23.3 Å². The van der Waals surface area contributed by atoms with Crippen molar-refractivity contribution in [2.75, 3.05) is 18.1 Å². The van der Waals surface area contributed by atoms with E-state index < -0.39 is 52.5 Å². The van der Waals surface area contributed by atoms with E-state index in [0.717, 1.165) is 28.2 Å². The summed E-state index contributed by atoms with van der Waals surface area (Å²) in [4.78, 5) is 69.8. The fraction of sp³-hybridized carbons (Fsp3) is 0.444. The number of ether oxygens (including phenoxy) is 1. The quantitative estimate of drug-likeness (QED) is 0.131. The van der Waals surface area contributed by atoms with Crippen molar-refractivity contribution in [2.24, 2.45) is 5.16 Å². The SMILES string of the molecule is CC(=O)OCC1=C(C(=O)O)N2C(=O)[C@@H](NC(=O)/C(=N\OC(C)(C)C(=O)O)c3nsc(N)n3)[C@@H]2SC1. The lowest BCUT2D eigenvalue weighted by molar-refractivity contribution is -0.161. The van der Waals surface area contributed by atoms with E-state index in [1.165, 1.54) is 20.8 Å². The second-order valence-corrected chi connectivity index (χ2v) is 9.59. The second kappa shape index (κ2) is 9.87. The molecule has 15 nitrogen and oxygen atoms in total. The summed E-state index contributed by atoms with van der Waals surface area (Å²) in [5.41, 5.74) is 3.16. The van der Waals surface area contributed by atoms with Gasteiger partial charge in [-0.15, -0.1) is 11.8 Å². The number of carboxylic acid groups (broad SMARTS) is 2. The third kappa shape index (κ3) is 5.35. The third-order valence-electron chi connectivity index (χ3n) is 4.73. The Morgan fingerprint density at radius 2 is 2.00 bits per heavy atom. The van der Waals surface area contributed by atoms with E-state index in [0.29, 0.717) is 0 Å². The van der Waals surface area contributed by atoms with Gasteiger partial charge < -0.3 is 30.8 Å². The number of rotatable bonds is 9. The molecule has 0 unspecified atom stereocenters. The summed E-state index contributed by atoms with van der Waals surface area (Å²) in [5.74, 6) is -5.14. The molecule has 5 N–H and O–H groups in total. The molecule has 1 fully saturated rings. The van der Waals surface area contributed by atoms with Gasteiger partial charge in [-0.05, 0) is 13.8 Å². The van der Waals surface area contributed by atoms with Gasteiger partial charge >= 0.3 is 17.9 Å². The molecule has 0 saturated carbocycles. The first-order valence-corrected chi connectivity index (χ1v) is 11.6. The lowest BCUT2D eigenvalue weighted by atomic mass is 10.0. The number of nitrogens with two attached hydrogens (primary N) is 1. The largest absolute Gasteiger partial charge is 0.478 e. The van der Waals surface area contributed by atoms with Crippen LogP contribution in [0.2, 0.25) is 0 Å². The predicted octanol–water partition coefficient (Wildman–Crippen LogP) is -0.994. The Hall–Kier alpha value is -3.73. The number of hydrogen-bond acceptors (Lipinski definition) is 13. The zero-order chi connectivity index (χ0) is 26.1. The maximum Gasteiger partial charge on any atom is 0.352 e. The molecule has 0 aliphatic carbocycles. The first kappa shape index (κ1) is 25.9. The summed E-state index contributed by atoms with van der Waals surface area (Å²) in [6, 6.07) is -1.13. The van der Waals surface area contributed by atoms with Crippen molar-refractivity contribution in [3.8, 4) is 0 Å². The van der Waals surface area contributed by atoms with E-state index in [1.807, 2.05) is 0 Å². The zero-order valence-electron chi connectivity index (χ0n) is 18.5. The van der Waals surface area contributed by atoms with Crippen molar-refractivity contribution in [1.82, 2.24) is 19.6 Å². The maximum atomic E-state index is 13.0. The number of aromatic nitrogens is 2. The van der Waals surface area contributed by atoms with Gasteiger partial charge in [0.2, 0.25) is 17.1 Å². The molecule has 2 aliphatic rings. The Morgan fingerprint density at radius 1 is 1.31 bits per heavy atom. The highest BCUT2D eigenvalue weighted by molar-refractivity contribution is 8.00. The molecule has 35 heavy (non-hydrogen) atoms. The van der Waals surface area contributed by atoms with Crippen LogP contribution in [0.1, 0.15) is 26.6 Å². The monoisotopic (exact) mass is 528 g/mol. The molecule has 1 aromatic rings. The average Bonchev–Trinajstić information content (AvgIpc) is 3.20. The number of oxime groups is 1. The fourth-order valence-electron chi connectivity index (χ4n) is 2.91. The lowest BCUT2D eigenvalue weighted by Crippen LogP contribution is -2.71. The number of carbonyl (C=O) groups excluding carboxylic acids is 3. The molecule has 0 spiro atoms. The molecule has 3 rings (SSSR count). The number of β-lactam (4-membered cyclic amide) rings is 1. The van der Waals surface area contributed by atoms with Crippen LogP contribution in [-0.2, 0) is 33.5 Å². The van der Waals surface area contributed by atoms with Crippen LogP contribution in [0, 0.1) is 0 Å². The van der Waals surface area contributed by atoms with Crippen molar-refractivity contribution < 1.29 is 43.8 Å². The van der Waals surface area contributed by atoms with Crippen molar-refractivity contribution in [3.05, 3.63) is 17.1 Å². The molecule has 0 radical (unpaired) electrons. The summed E-state index contributed by atoms with van der Waals surface area (Å²) in [7, 11) is 0. The minimum atomic E-state index is -1.80. The Bertz CT molecular complexity index is 1160. The number of nitrogens with zero attached hydrogens (tertiary/aromatic N) is 4. The van der Waals surface area contributed by atoms with Crippen LogP contribution in [0.25, 0.3) is 0 Å².